The molecule has 0 aliphatic carbocycles. The second-order valence-corrected chi connectivity index (χ2v) is 19.1. The third kappa shape index (κ3) is 58.2. The minimum atomic E-state index is -0.813. The van der Waals surface area contributed by atoms with E-state index >= 15 is 0 Å². The lowest BCUT2D eigenvalue weighted by molar-refractivity contribution is -0.167. The van der Waals surface area contributed by atoms with E-state index in [9.17, 15) is 14.4 Å². The van der Waals surface area contributed by atoms with Crippen LogP contribution in [0.15, 0.2) is 146 Å². The van der Waals surface area contributed by atoms with Gasteiger partial charge in [0.2, 0.25) is 0 Å². The molecule has 0 aromatic carbocycles. The Labute approximate surface area is 455 Å². The summed E-state index contributed by atoms with van der Waals surface area (Å²) in [5, 5.41) is 0. The molecule has 0 aromatic heterocycles. The van der Waals surface area contributed by atoms with Gasteiger partial charge in [-0.05, 0) is 116 Å². The van der Waals surface area contributed by atoms with Crippen LogP contribution in [0.3, 0.4) is 0 Å². The zero-order chi connectivity index (χ0) is 53.6. The largest absolute Gasteiger partial charge is 0.462 e. The first-order chi connectivity index (χ1) is 36.5. The van der Waals surface area contributed by atoms with Crippen molar-refractivity contribution in [2.75, 3.05) is 13.2 Å². The second-order valence-electron chi connectivity index (χ2n) is 19.1. The predicted octanol–water partition coefficient (Wildman–Crippen LogP) is 20.4. The van der Waals surface area contributed by atoms with Crippen LogP contribution < -0.4 is 0 Å². The summed E-state index contributed by atoms with van der Waals surface area (Å²) in [7, 11) is 0. The lowest BCUT2D eigenvalue weighted by Gasteiger charge is -2.18. The topological polar surface area (TPSA) is 78.9 Å². The van der Waals surface area contributed by atoms with Gasteiger partial charge in [-0.3, -0.25) is 14.4 Å². The first-order valence-electron chi connectivity index (χ1n) is 29.8. The molecule has 0 spiro atoms. The number of allylic oxidation sites excluding steroid dienone is 24. The first kappa shape index (κ1) is 69.3. The van der Waals surface area contributed by atoms with Gasteiger partial charge in [-0.2, -0.15) is 0 Å². The summed E-state index contributed by atoms with van der Waals surface area (Å²) in [5.74, 6) is -0.984. The first-order valence-corrected chi connectivity index (χ1v) is 29.8. The fourth-order valence-corrected chi connectivity index (χ4v) is 7.69. The second kappa shape index (κ2) is 60.8. The van der Waals surface area contributed by atoms with E-state index in [2.05, 4.69) is 167 Å². The molecule has 6 nitrogen and oxygen atoms in total. The summed E-state index contributed by atoms with van der Waals surface area (Å²) in [5.41, 5.74) is 0. The normalized spacial score (nSPS) is 13.2. The molecule has 0 heterocycles. The van der Waals surface area contributed by atoms with Crippen molar-refractivity contribution in [3.63, 3.8) is 0 Å². The van der Waals surface area contributed by atoms with Gasteiger partial charge in [-0.15, -0.1) is 0 Å². The smallest absolute Gasteiger partial charge is 0.306 e. The van der Waals surface area contributed by atoms with E-state index in [1.165, 1.54) is 64.2 Å². The zero-order valence-corrected chi connectivity index (χ0v) is 47.5. The van der Waals surface area contributed by atoms with Gasteiger partial charge >= 0.3 is 17.9 Å². The Morgan fingerprint density at radius 3 is 0.878 bits per heavy atom. The number of unbranched alkanes of at least 4 members (excludes halogenated alkanes) is 17. The van der Waals surface area contributed by atoms with Gasteiger partial charge in [0, 0.05) is 19.3 Å². The van der Waals surface area contributed by atoms with Gasteiger partial charge in [-0.1, -0.05) is 256 Å². The highest BCUT2D eigenvalue weighted by Crippen LogP contribution is 2.14. The van der Waals surface area contributed by atoms with E-state index in [1.807, 2.05) is 0 Å². The summed E-state index contributed by atoms with van der Waals surface area (Å²) >= 11 is 0. The summed E-state index contributed by atoms with van der Waals surface area (Å²) in [4.78, 5) is 38.1. The fourth-order valence-electron chi connectivity index (χ4n) is 7.69. The summed E-state index contributed by atoms with van der Waals surface area (Å²) in [6.45, 7) is 6.33. The van der Waals surface area contributed by atoms with Crippen LogP contribution in [0.1, 0.15) is 245 Å². The number of carbonyl (C=O) groups excluding carboxylic acids is 3. The van der Waals surface area contributed by atoms with Gasteiger partial charge < -0.3 is 14.2 Å². The van der Waals surface area contributed by atoms with Crippen molar-refractivity contribution in [2.24, 2.45) is 0 Å². The van der Waals surface area contributed by atoms with Crippen molar-refractivity contribution in [2.45, 2.75) is 252 Å². The molecule has 1 unspecified atom stereocenters. The lowest BCUT2D eigenvalue weighted by atomic mass is 10.1. The maximum absolute atomic E-state index is 12.9. The molecule has 416 valence electrons. The molecule has 0 saturated carbocycles. The Bertz CT molecular complexity index is 1640. The quantitative estimate of drug-likeness (QED) is 0.0261. The Hall–Kier alpha value is -4.71. The molecule has 0 aliphatic rings. The zero-order valence-electron chi connectivity index (χ0n) is 47.5. The number of ether oxygens (including phenoxy) is 3. The Kier molecular flexibility index (Phi) is 57.0. The molecule has 0 radical (unpaired) electrons. The van der Waals surface area contributed by atoms with Crippen molar-refractivity contribution >= 4 is 17.9 Å². The summed E-state index contributed by atoms with van der Waals surface area (Å²) < 4.78 is 16.8. The number of rotatable bonds is 52. The Morgan fingerprint density at radius 2 is 0.541 bits per heavy atom. The number of carbonyl (C=O) groups is 3. The minimum absolute atomic E-state index is 0.105. The summed E-state index contributed by atoms with van der Waals surface area (Å²) in [6.07, 6.45) is 87.0. The van der Waals surface area contributed by atoms with Crippen molar-refractivity contribution in [1.82, 2.24) is 0 Å². The van der Waals surface area contributed by atoms with E-state index in [1.54, 1.807) is 0 Å². The van der Waals surface area contributed by atoms with Crippen LogP contribution in [0.25, 0.3) is 0 Å². The molecule has 6 heteroatoms. The highest BCUT2D eigenvalue weighted by Gasteiger charge is 2.19. The highest BCUT2D eigenvalue weighted by molar-refractivity contribution is 5.71. The van der Waals surface area contributed by atoms with Crippen LogP contribution in [0.2, 0.25) is 0 Å². The molecule has 0 fully saturated rings. The van der Waals surface area contributed by atoms with E-state index in [4.69, 9.17) is 14.2 Å². The monoisotopic (exact) mass is 1020 g/mol. The van der Waals surface area contributed by atoms with E-state index < -0.39 is 6.10 Å². The lowest BCUT2D eigenvalue weighted by Crippen LogP contribution is -2.30. The molecular formula is C68H108O6. The number of hydrogen-bond acceptors (Lipinski definition) is 6. The van der Waals surface area contributed by atoms with Crippen molar-refractivity contribution in [3.8, 4) is 0 Å². The Balaban J connectivity index is 4.45. The highest BCUT2D eigenvalue weighted by atomic mass is 16.6. The molecule has 0 bridgehead atoms. The van der Waals surface area contributed by atoms with E-state index in [0.29, 0.717) is 19.3 Å². The maximum atomic E-state index is 12.9. The molecule has 1 atom stereocenters. The van der Waals surface area contributed by atoms with Gasteiger partial charge in [0.25, 0.3) is 0 Å². The van der Waals surface area contributed by atoms with Crippen LogP contribution in [0.4, 0.5) is 0 Å². The number of hydrogen-bond donors (Lipinski definition) is 0. The maximum Gasteiger partial charge on any atom is 0.306 e. The number of esters is 3. The predicted molar refractivity (Wildman–Crippen MR) is 320 cm³/mol. The van der Waals surface area contributed by atoms with Crippen LogP contribution >= 0.6 is 0 Å². The molecule has 0 N–H and O–H groups in total. The van der Waals surface area contributed by atoms with Gasteiger partial charge in [0.1, 0.15) is 13.2 Å². The van der Waals surface area contributed by atoms with E-state index in [0.717, 1.165) is 135 Å². The molecular weight excluding hydrogens is 913 g/mol. The average molecular weight is 1020 g/mol. The molecule has 0 amide bonds. The van der Waals surface area contributed by atoms with E-state index in [-0.39, 0.29) is 37.5 Å². The summed E-state index contributed by atoms with van der Waals surface area (Å²) in [6, 6.07) is 0. The third-order valence-corrected chi connectivity index (χ3v) is 12.1. The average Bonchev–Trinajstić information content (AvgIpc) is 3.40. The van der Waals surface area contributed by atoms with Crippen molar-refractivity contribution < 1.29 is 28.6 Å². The molecule has 0 aromatic rings. The molecule has 74 heavy (non-hydrogen) atoms. The fraction of sp³-hybridized carbons (Fsp3) is 0.603. The van der Waals surface area contributed by atoms with Crippen molar-refractivity contribution in [3.05, 3.63) is 146 Å². The SMILES string of the molecule is CC/C=C\C/C=C\C/C=C\C/C=C\C/C=C\C/C=C\C/C=C\CCCC(=O)OCC(COC(=O)CCCCCCCCCCCC)OC(=O)CCCCCCCCC/C=C\C/C=C\C/C=C\C/C=C\C/C=C\CC. The van der Waals surface area contributed by atoms with Gasteiger partial charge in [-0.25, -0.2) is 0 Å². The molecule has 0 aliphatic heterocycles. The standard InChI is InChI=1S/C68H108O6/c1-4-7-10-13-16-19-22-24-26-28-30-32-34-36-38-40-42-44-46-49-52-55-58-61-67(70)73-64-65(63-72-66(69)60-57-54-51-48-21-18-15-12-9-6-3)74-68(71)62-59-56-53-50-47-45-43-41-39-37-35-33-31-29-27-25-23-20-17-14-11-8-5-2/h7-8,10-11,16-17,19-20,24-27,30-33,36-39,42,44,49,52,65H,4-6,9,12-15,18,21-23,28-29,34-35,40-41,43,45-48,50-51,53-64H2,1-3H3/b10-7-,11-8-,19-16-,20-17-,26-24-,27-25-,32-30-,33-31-,38-36-,39-37-,44-42-,52-49-. The third-order valence-electron chi connectivity index (χ3n) is 12.1. The van der Waals surface area contributed by atoms with Gasteiger partial charge in [0.05, 0.1) is 0 Å². The van der Waals surface area contributed by atoms with Gasteiger partial charge in [0.15, 0.2) is 6.10 Å². The van der Waals surface area contributed by atoms with Crippen LogP contribution in [-0.2, 0) is 28.6 Å². The molecule has 0 rings (SSSR count). The van der Waals surface area contributed by atoms with Crippen LogP contribution in [-0.4, -0.2) is 37.2 Å². The van der Waals surface area contributed by atoms with Crippen LogP contribution in [0, 0.1) is 0 Å². The van der Waals surface area contributed by atoms with Crippen molar-refractivity contribution in [1.29, 1.82) is 0 Å². The molecule has 0 saturated heterocycles. The van der Waals surface area contributed by atoms with Crippen LogP contribution in [0.5, 0.6) is 0 Å². The Morgan fingerprint density at radius 1 is 0.284 bits per heavy atom. The minimum Gasteiger partial charge on any atom is -0.462 e.